The number of hydrogen-bond donors (Lipinski definition) is 2. The lowest BCUT2D eigenvalue weighted by Gasteiger charge is -2.39. The maximum Gasteiger partial charge on any atom is 0.221 e. The highest BCUT2D eigenvalue weighted by Gasteiger charge is 2.40. The predicted octanol–water partition coefficient (Wildman–Crippen LogP) is 2.28. The second-order valence-corrected chi connectivity index (χ2v) is 10.1. The van der Waals surface area contributed by atoms with Crippen LogP contribution in [-0.2, 0) is 21.1 Å². The smallest absolute Gasteiger partial charge is 0.221 e. The quantitative estimate of drug-likeness (QED) is 0.352. The Morgan fingerprint density at radius 3 is 2.43 bits per heavy atom. The van der Waals surface area contributed by atoms with Crippen LogP contribution < -0.4 is 10.6 Å². The first kappa shape index (κ1) is 24.7. The molecule has 0 saturated carbocycles. The largest absolute Gasteiger partial charge is 0.357 e. The first-order chi connectivity index (χ1) is 12.6. The van der Waals surface area contributed by atoms with Crippen LogP contribution in [0.4, 0.5) is 5.69 Å². The number of nitrogens with zero attached hydrogens (tertiary/aromatic N) is 2. The Hall–Kier alpha value is -1.36. The molecule has 2 N–H and O–H groups in total. The number of anilines is 1. The Morgan fingerprint density at radius 1 is 1.25 bits per heavy atom. The number of halogens is 1. The van der Waals surface area contributed by atoms with E-state index in [4.69, 9.17) is 0 Å². The van der Waals surface area contributed by atoms with E-state index in [0.717, 1.165) is 30.2 Å². The van der Waals surface area contributed by atoms with E-state index in [-0.39, 0.29) is 35.6 Å². The van der Waals surface area contributed by atoms with E-state index in [1.165, 1.54) is 6.92 Å². The molecule has 0 atom stereocenters. The van der Waals surface area contributed by atoms with Crippen molar-refractivity contribution in [2.24, 2.45) is 4.99 Å². The molecule has 0 radical (unpaired) electrons. The molecule has 1 aliphatic heterocycles. The Labute approximate surface area is 185 Å². The summed E-state index contributed by atoms with van der Waals surface area (Å²) in [6.07, 6.45) is 0.769. The van der Waals surface area contributed by atoms with E-state index < -0.39 is 14.6 Å². The van der Waals surface area contributed by atoms with Gasteiger partial charge in [0.2, 0.25) is 5.91 Å². The van der Waals surface area contributed by atoms with E-state index in [9.17, 15) is 13.2 Å². The highest BCUT2D eigenvalue weighted by atomic mass is 127. The summed E-state index contributed by atoms with van der Waals surface area (Å²) in [4.78, 5) is 17.8. The third-order valence-corrected chi connectivity index (χ3v) is 7.15. The summed E-state index contributed by atoms with van der Waals surface area (Å²) in [6, 6.07) is 7.71. The number of hydrogen-bond acceptors (Lipinski definition) is 4. The van der Waals surface area contributed by atoms with Crippen molar-refractivity contribution >= 4 is 51.4 Å². The fourth-order valence-corrected chi connectivity index (χ4v) is 4.37. The third kappa shape index (κ3) is 6.61. The van der Waals surface area contributed by atoms with Crippen LogP contribution in [0.15, 0.2) is 29.3 Å². The van der Waals surface area contributed by atoms with Crippen LogP contribution in [0.25, 0.3) is 0 Å². The lowest BCUT2D eigenvalue weighted by Crippen LogP contribution is -2.57. The molecule has 9 heteroatoms. The number of aliphatic imine (C=N–C) groups is 1. The minimum Gasteiger partial charge on any atom is -0.357 e. The number of amides is 1. The van der Waals surface area contributed by atoms with Gasteiger partial charge in [0.05, 0.1) is 10.5 Å². The standard InChI is InChI=1S/C19H30N4O3S.HI/c1-5-20-18(23-12-13-27(25,26)19(3,4)14-23)21-11-10-16-6-8-17(9-7-16)22-15(2)24;/h6-9H,5,10-14H2,1-4H3,(H,20,21)(H,22,24);1H. The molecular formula is C19H31IN4O3S. The van der Waals surface area contributed by atoms with Gasteiger partial charge in [-0.1, -0.05) is 12.1 Å². The van der Waals surface area contributed by atoms with Crippen molar-refractivity contribution in [3.8, 4) is 0 Å². The zero-order chi connectivity index (χ0) is 20.1. The molecule has 0 bridgehead atoms. The second-order valence-electron chi connectivity index (χ2n) is 7.36. The Balaban J connectivity index is 0.00000392. The van der Waals surface area contributed by atoms with Gasteiger partial charge in [-0.2, -0.15) is 0 Å². The molecule has 2 rings (SSSR count). The van der Waals surface area contributed by atoms with Gasteiger partial charge in [0.15, 0.2) is 15.8 Å². The summed E-state index contributed by atoms with van der Waals surface area (Å²) in [7, 11) is -3.07. The van der Waals surface area contributed by atoms with Crippen LogP contribution in [0, 0.1) is 0 Å². The molecule has 1 fully saturated rings. The van der Waals surface area contributed by atoms with E-state index >= 15 is 0 Å². The molecule has 1 heterocycles. The summed E-state index contributed by atoms with van der Waals surface area (Å²) in [5.41, 5.74) is 1.91. The molecular weight excluding hydrogens is 491 g/mol. The van der Waals surface area contributed by atoms with Gasteiger partial charge in [-0.15, -0.1) is 24.0 Å². The zero-order valence-corrected chi connectivity index (χ0v) is 20.1. The molecule has 158 valence electrons. The fourth-order valence-electron chi connectivity index (χ4n) is 3.00. The predicted molar refractivity (Wildman–Crippen MR) is 125 cm³/mol. The van der Waals surface area contributed by atoms with Crippen molar-refractivity contribution in [3.05, 3.63) is 29.8 Å². The molecule has 0 spiro atoms. The van der Waals surface area contributed by atoms with Gasteiger partial charge in [-0.05, 0) is 44.9 Å². The van der Waals surface area contributed by atoms with Crippen LogP contribution in [0.5, 0.6) is 0 Å². The van der Waals surface area contributed by atoms with E-state index in [2.05, 4.69) is 15.6 Å². The maximum absolute atomic E-state index is 12.2. The number of carbonyl (C=O) groups excluding carboxylic acids is 1. The summed E-state index contributed by atoms with van der Waals surface area (Å²) in [5.74, 6) is 0.819. The van der Waals surface area contributed by atoms with Crippen LogP contribution in [0.1, 0.15) is 33.3 Å². The third-order valence-electron chi connectivity index (χ3n) is 4.61. The average Bonchev–Trinajstić information content (AvgIpc) is 2.58. The first-order valence-corrected chi connectivity index (χ1v) is 10.9. The average molecular weight is 522 g/mol. The van der Waals surface area contributed by atoms with Crippen molar-refractivity contribution in [2.45, 2.75) is 38.9 Å². The van der Waals surface area contributed by atoms with Gasteiger partial charge in [-0.25, -0.2) is 8.42 Å². The Bertz CT molecular complexity index is 792. The lowest BCUT2D eigenvalue weighted by atomic mass is 10.1. The van der Waals surface area contributed by atoms with E-state index in [0.29, 0.717) is 19.6 Å². The molecule has 0 unspecified atom stereocenters. The fraction of sp³-hybridized carbons (Fsp3) is 0.579. The van der Waals surface area contributed by atoms with E-state index in [1.807, 2.05) is 36.1 Å². The SMILES string of the molecule is CCNC(=NCCc1ccc(NC(C)=O)cc1)N1CCS(=O)(=O)C(C)(C)C1.I. The first-order valence-electron chi connectivity index (χ1n) is 9.27. The van der Waals surface area contributed by atoms with Crippen LogP contribution in [-0.4, -0.2) is 61.9 Å². The number of sulfone groups is 1. The molecule has 1 aromatic carbocycles. The van der Waals surface area contributed by atoms with Crippen molar-refractivity contribution in [2.75, 3.05) is 37.2 Å². The zero-order valence-electron chi connectivity index (χ0n) is 17.0. The van der Waals surface area contributed by atoms with Gasteiger partial charge < -0.3 is 15.5 Å². The van der Waals surface area contributed by atoms with E-state index in [1.54, 1.807) is 13.8 Å². The summed E-state index contributed by atoms with van der Waals surface area (Å²) in [6.45, 7) is 9.26. The number of carbonyl (C=O) groups is 1. The second kappa shape index (κ2) is 10.4. The van der Waals surface area contributed by atoms with Crippen molar-refractivity contribution < 1.29 is 13.2 Å². The van der Waals surface area contributed by atoms with Crippen LogP contribution in [0.3, 0.4) is 0 Å². The highest BCUT2D eigenvalue weighted by Crippen LogP contribution is 2.23. The Kier molecular flexibility index (Phi) is 9.19. The monoisotopic (exact) mass is 522 g/mol. The van der Waals surface area contributed by atoms with Gasteiger partial charge in [0, 0.05) is 38.8 Å². The Morgan fingerprint density at radius 2 is 1.89 bits per heavy atom. The molecule has 7 nitrogen and oxygen atoms in total. The molecule has 0 aliphatic carbocycles. The summed E-state index contributed by atoms with van der Waals surface area (Å²) >= 11 is 0. The normalized spacial score (nSPS) is 18.1. The molecule has 1 saturated heterocycles. The van der Waals surface area contributed by atoms with Crippen molar-refractivity contribution in [3.63, 3.8) is 0 Å². The summed E-state index contributed by atoms with van der Waals surface area (Å²) < 4.78 is 23.6. The van der Waals surface area contributed by atoms with Crippen LogP contribution >= 0.6 is 24.0 Å². The van der Waals surface area contributed by atoms with Crippen molar-refractivity contribution in [1.82, 2.24) is 10.2 Å². The maximum atomic E-state index is 12.2. The molecule has 0 aromatic heterocycles. The van der Waals surface area contributed by atoms with Gasteiger partial charge >= 0.3 is 0 Å². The number of guanidine groups is 1. The molecule has 1 amide bonds. The molecule has 1 aromatic rings. The number of rotatable bonds is 5. The topological polar surface area (TPSA) is 90.9 Å². The minimum atomic E-state index is -3.07. The van der Waals surface area contributed by atoms with Gasteiger partial charge in [-0.3, -0.25) is 9.79 Å². The van der Waals surface area contributed by atoms with Crippen LogP contribution in [0.2, 0.25) is 0 Å². The number of benzene rings is 1. The van der Waals surface area contributed by atoms with Gasteiger partial charge in [0.1, 0.15) is 0 Å². The lowest BCUT2D eigenvalue weighted by molar-refractivity contribution is -0.114. The summed E-state index contributed by atoms with van der Waals surface area (Å²) in [5, 5.41) is 6.02. The highest BCUT2D eigenvalue weighted by molar-refractivity contribution is 14.0. The minimum absolute atomic E-state index is 0. The number of nitrogens with one attached hydrogen (secondary N) is 2. The molecule has 28 heavy (non-hydrogen) atoms. The molecule has 1 aliphatic rings. The van der Waals surface area contributed by atoms with Gasteiger partial charge in [0.25, 0.3) is 0 Å². The van der Waals surface area contributed by atoms with Crippen molar-refractivity contribution in [1.29, 1.82) is 0 Å².